The second-order valence-electron chi connectivity index (χ2n) is 7.18. The Balaban J connectivity index is 1.58. The summed E-state index contributed by atoms with van der Waals surface area (Å²) in [6, 6.07) is 12.4. The minimum atomic E-state index is -0.314. The Hall–Kier alpha value is -2.86. The van der Waals surface area contributed by atoms with Gasteiger partial charge < -0.3 is 20.2 Å². The zero-order valence-corrected chi connectivity index (χ0v) is 16.4. The molecule has 0 aliphatic carbocycles. The van der Waals surface area contributed by atoms with Gasteiger partial charge in [0.25, 0.3) is 11.8 Å². The van der Waals surface area contributed by atoms with Crippen molar-refractivity contribution in [3.63, 3.8) is 0 Å². The van der Waals surface area contributed by atoms with E-state index in [0.29, 0.717) is 12.1 Å². The first-order chi connectivity index (χ1) is 13.5. The lowest BCUT2D eigenvalue weighted by atomic mass is 10.1. The van der Waals surface area contributed by atoms with Crippen molar-refractivity contribution in [2.75, 3.05) is 33.2 Å². The predicted molar refractivity (Wildman–Crippen MR) is 108 cm³/mol. The molecule has 1 aliphatic heterocycles. The van der Waals surface area contributed by atoms with Crippen LogP contribution >= 0.6 is 0 Å². The molecule has 0 unspecified atom stereocenters. The summed E-state index contributed by atoms with van der Waals surface area (Å²) in [6.45, 7) is 5.60. The van der Waals surface area contributed by atoms with Crippen LogP contribution in [0.25, 0.3) is 0 Å². The Bertz CT molecular complexity index is 841. The van der Waals surface area contributed by atoms with Gasteiger partial charge in [-0.2, -0.15) is 0 Å². The maximum Gasteiger partial charge on any atom is 0.255 e. The van der Waals surface area contributed by atoms with E-state index >= 15 is 0 Å². The number of piperazine rings is 1. The fourth-order valence-electron chi connectivity index (χ4n) is 3.22. The normalized spacial score (nSPS) is 14.7. The fourth-order valence-corrected chi connectivity index (χ4v) is 3.22. The average molecular weight is 381 g/mol. The second kappa shape index (κ2) is 8.89. The van der Waals surface area contributed by atoms with Crippen LogP contribution in [-0.4, -0.2) is 59.9 Å². The van der Waals surface area contributed by atoms with E-state index in [0.717, 1.165) is 43.7 Å². The predicted octanol–water partition coefficient (Wildman–Crippen LogP) is 2.27. The summed E-state index contributed by atoms with van der Waals surface area (Å²) in [4.78, 5) is 29.0. The summed E-state index contributed by atoms with van der Waals surface area (Å²) in [5.41, 5.74) is 2.83. The van der Waals surface area contributed by atoms with Crippen LogP contribution in [0.1, 0.15) is 38.8 Å². The van der Waals surface area contributed by atoms with Gasteiger partial charge >= 0.3 is 0 Å². The Morgan fingerprint density at radius 1 is 1.00 bits per heavy atom. The van der Waals surface area contributed by atoms with E-state index in [1.165, 1.54) is 0 Å². The lowest BCUT2D eigenvalue weighted by Crippen LogP contribution is -2.47. The van der Waals surface area contributed by atoms with Crippen LogP contribution in [0.5, 0.6) is 5.75 Å². The monoisotopic (exact) mass is 381 g/mol. The molecule has 0 spiro atoms. The molecule has 2 aromatic rings. The zero-order valence-electron chi connectivity index (χ0n) is 16.4. The molecule has 0 radical (unpaired) electrons. The highest BCUT2D eigenvalue weighted by Crippen LogP contribution is 2.19. The van der Waals surface area contributed by atoms with Gasteiger partial charge in [-0.3, -0.25) is 9.59 Å². The van der Waals surface area contributed by atoms with Gasteiger partial charge in [-0.1, -0.05) is 25.1 Å². The number of carbonyl (C=O) groups is 2. The standard InChI is InChI=1S/C22H27N3O3/c1-3-16-6-9-20(26)19(14-16)21(27)23-15-17-4-7-18(8-5-17)22(28)25-12-10-24(2)11-13-25/h4-9,14,26H,3,10-13,15H2,1-2H3,(H,23,27). The third-order valence-corrected chi connectivity index (χ3v) is 5.16. The first-order valence-electron chi connectivity index (χ1n) is 9.64. The van der Waals surface area contributed by atoms with Crippen LogP contribution in [-0.2, 0) is 13.0 Å². The van der Waals surface area contributed by atoms with Gasteiger partial charge in [-0.15, -0.1) is 0 Å². The largest absolute Gasteiger partial charge is 0.507 e. The van der Waals surface area contributed by atoms with Crippen LogP contribution < -0.4 is 5.32 Å². The van der Waals surface area contributed by atoms with Crippen LogP contribution in [0.15, 0.2) is 42.5 Å². The first kappa shape index (κ1) is 19.9. The van der Waals surface area contributed by atoms with E-state index in [-0.39, 0.29) is 23.1 Å². The number of phenols is 1. The number of nitrogens with zero attached hydrogens (tertiary/aromatic N) is 2. The van der Waals surface area contributed by atoms with Crippen LogP contribution in [0, 0.1) is 0 Å². The molecule has 0 aromatic heterocycles. The number of phenolic OH excluding ortho intramolecular Hbond substituents is 1. The maximum absolute atomic E-state index is 12.6. The van der Waals surface area contributed by atoms with Gasteiger partial charge in [-0.25, -0.2) is 0 Å². The molecule has 1 saturated heterocycles. The number of aryl methyl sites for hydroxylation is 1. The van der Waals surface area contributed by atoms with E-state index in [4.69, 9.17) is 0 Å². The molecule has 0 bridgehead atoms. The molecule has 1 heterocycles. The maximum atomic E-state index is 12.6. The smallest absolute Gasteiger partial charge is 0.255 e. The number of carbonyl (C=O) groups excluding carboxylic acids is 2. The minimum absolute atomic E-state index is 0.0252. The number of benzene rings is 2. The average Bonchev–Trinajstić information content (AvgIpc) is 2.73. The second-order valence-corrected chi connectivity index (χ2v) is 7.18. The quantitative estimate of drug-likeness (QED) is 0.833. The summed E-state index contributed by atoms with van der Waals surface area (Å²) in [5.74, 6) is -0.293. The zero-order chi connectivity index (χ0) is 20.1. The van der Waals surface area contributed by atoms with E-state index in [9.17, 15) is 14.7 Å². The summed E-state index contributed by atoms with van der Waals surface area (Å²) in [7, 11) is 2.06. The third kappa shape index (κ3) is 4.70. The molecule has 3 rings (SSSR count). The van der Waals surface area contributed by atoms with Gasteiger partial charge in [0.2, 0.25) is 0 Å². The van der Waals surface area contributed by atoms with Crippen molar-refractivity contribution >= 4 is 11.8 Å². The molecule has 2 aromatic carbocycles. The molecule has 0 atom stereocenters. The Labute approximate surface area is 165 Å². The molecule has 2 amide bonds. The van der Waals surface area contributed by atoms with Crippen molar-refractivity contribution in [3.8, 4) is 5.75 Å². The molecule has 148 valence electrons. The summed E-state index contributed by atoms with van der Waals surface area (Å²) in [6.07, 6.45) is 0.795. The number of rotatable bonds is 5. The molecule has 2 N–H and O–H groups in total. The molecule has 6 nitrogen and oxygen atoms in total. The molecule has 1 aliphatic rings. The Morgan fingerprint density at radius 2 is 1.64 bits per heavy atom. The molecule has 0 saturated carbocycles. The minimum Gasteiger partial charge on any atom is -0.507 e. The van der Waals surface area contributed by atoms with Gasteiger partial charge in [-0.05, 0) is 48.9 Å². The van der Waals surface area contributed by atoms with Gasteiger partial charge in [0, 0.05) is 38.3 Å². The fraction of sp³-hybridized carbons (Fsp3) is 0.364. The number of hydrogen-bond acceptors (Lipinski definition) is 4. The molecule has 6 heteroatoms. The third-order valence-electron chi connectivity index (χ3n) is 5.16. The number of aromatic hydroxyl groups is 1. The van der Waals surface area contributed by atoms with E-state index in [1.807, 2.05) is 30.0 Å². The molecular formula is C22H27N3O3. The summed E-state index contributed by atoms with van der Waals surface area (Å²) >= 11 is 0. The van der Waals surface area contributed by atoms with Crippen molar-refractivity contribution in [2.45, 2.75) is 19.9 Å². The highest BCUT2D eigenvalue weighted by atomic mass is 16.3. The van der Waals surface area contributed by atoms with Crippen molar-refractivity contribution in [1.29, 1.82) is 0 Å². The lowest BCUT2D eigenvalue weighted by molar-refractivity contribution is 0.0664. The van der Waals surface area contributed by atoms with E-state index < -0.39 is 0 Å². The van der Waals surface area contributed by atoms with Gasteiger partial charge in [0.15, 0.2) is 0 Å². The topological polar surface area (TPSA) is 72.9 Å². The van der Waals surface area contributed by atoms with Crippen molar-refractivity contribution in [3.05, 3.63) is 64.7 Å². The number of hydrogen-bond donors (Lipinski definition) is 2. The van der Waals surface area contributed by atoms with Crippen molar-refractivity contribution in [2.24, 2.45) is 0 Å². The number of likely N-dealkylation sites (N-methyl/N-ethyl adjacent to an activating group) is 1. The Kier molecular flexibility index (Phi) is 6.31. The van der Waals surface area contributed by atoms with Crippen molar-refractivity contribution in [1.82, 2.24) is 15.1 Å². The van der Waals surface area contributed by atoms with Crippen molar-refractivity contribution < 1.29 is 14.7 Å². The highest BCUT2D eigenvalue weighted by Gasteiger charge is 2.20. The van der Waals surface area contributed by atoms with Crippen LogP contribution in [0.4, 0.5) is 0 Å². The van der Waals surface area contributed by atoms with Crippen LogP contribution in [0.3, 0.4) is 0 Å². The number of nitrogens with one attached hydrogen (secondary N) is 1. The SMILES string of the molecule is CCc1ccc(O)c(C(=O)NCc2ccc(C(=O)N3CCN(C)CC3)cc2)c1. The molecule has 1 fully saturated rings. The summed E-state index contributed by atoms with van der Waals surface area (Å²) < 4.78 is 0. The van der Waals surface area contributed by atoms with Crippen LogP contribution in [0.2, 0.25) is 0 Å². The molecular weight excluding hydrogens is 354 g/mol. The van der Waals surface area contributed by atoms with Gasteiger partial charge in [0.1, 0.15) is 5.75 Å². The molecule has 28 heavy (non-hydrogen) atoms. The highest BCUT2D eigenvalue weighted by molar-refractivity contribution is 5.97. The van der Waals surface area contributed by atoms with Gasteiger partial charge in [0.05, 0.1) is 5.56 Å². The first-order valence-corrected chi connectivity index (χ1v) is 9.64. The lowest BCUT2D eigenvalue weighted by Gasteiger charge is -2.32. The summed E-state index contributed by atoms with van der Waals surface area (Å²) in [5, 5.41) is 12.8. The Morgan fingerprint density at radius 3 is 2.29 bits per heavy atom. The van der Waals surface area contributed by atoms with E-state index in [2.05, 4.69) is 17.3 Å². The number of amides is 2. The van der Waals surface area contributed by atoms with E-state index in [1.54, 1.807) is 24.3 Å².